The Bertz CT molecular complexity index is 627. The van der Waals surface area contributed by atoms with Gasteiger partial charge in [-0.15, -0.1) is 5.10 Å². The number of aromatic nitrogens is 5. The number of nitrogens with zero attached hydrogens (tertiary/aromatic N) is 5. The Labute approximate surface area is 140 Å². The van der Waals surface area contributed by atoms with Gasteiger partial charge in [0.25, 0.3) is 0 Å². The van der Waals surface area contributed by atoms with Crippen LogP contribution in [0, 0.1) is 5.92 Å². The van der Waals surface area contributed by atoms with Gasteiger partial charge in [-0.2, -0.15) is 0 Å². The third-order valence-corrected chi connectivity index (χ3v) is 4.45. The molecule has 3 rings (SSSR count). The van der Waals surface area contributed by atoms with Crippen LogP contribution in [0.1, 0.15) is 31.2 Å². The fourth-order valence-electron chi connectivity index (χ4n) is 3.03. The minimum atomic E-state index is -0.230. The molecule has 1 atom stereocenters. The SMILES string of the molecule is O=C(CCCn1cnnn1)N[C@@H](Cc1ccncc1)C1CC(O)C1. The summed E-state index contributed by atoms with van der Waals surface area (Å²) >= 11 is 0. The maximum absolute atomic E-state index is 12.3. The number of aliphatic hydroxyl groups excluding tert-OH is 1. The lowest BCUT2D eigenvalue weighted by atomic mass is 9.75. The Morgan fingerprint density at radius 2 is 2.17 bits per heavy atom. The summed E-state index contributed by atoms with van der Waals surface area (Å²) in [5.74, 6) is 0.361. The zero-order valence-electron chi connectivity index (χ0n) is 13.5. The van der Waals surface area contributed by atoms with Crippen LogP contribution < -0.4 is 5.32 Å². The van der Waals surface area contributed by atoms with Gasteiger partial charge < -0.3 is 10.4 Å². The van der Waals surface area contributed by atoms with Crippen molar-refractivity contribution in [3.8, 4) is 0 Å². The maximum Gasteiger partial charge on any atom is 0.220 e. The summed E-state index contributed by atoms with van der Waals surface area (Å²) in [6, 6.07) is 3.98. The van der Waals surface area contributed by atoms with Gasteiger partial charge >= 0.3 is 0 Å². The first-order valence-corrected chi connectivity index (χ1v) is 8.28. The number of tetrazole rings is 1. The van der Waals surface area contributed by atoms with E-state index < -0.39 is 0 Å². The lowest BCUT2D eigenvalue weighted by Crippen LogP contribution is -2.48. The molecule has 2 heterocycles. The average Bonchev–Trinajstić information content (AvgIpc) is 3.06. The fraction of sp³-hybridized carbons (Fsp3) is 0.562. The molecule has 0 bridgehead atoms. The molecule has 128 valence electrons. The Kier molecular flexibility index (Phi) is 5.47. The predicted octanol–water partition coefficient (Wildman–Crippen LogP) is 0.347. The van der Waals surface area contributed by atoms with Crippen LogP contribution in [0.4, 0.5) is 0 Å². The van der Waals surface area contributed by atoms with Gasteiger partial charge in [0.15, 0.2) is 0 Å². The first kappa shape index (κ1) is 16.5. The highest BCUT2D eigenvalue weighted by Gasteiger charge is 2.34. The molecular formula is C16H22N6O2. The highest BCUT2D eigenvalue weighted by molar-refractivity contribution is 5.76. The third-order valence-electron chi connectivity index (χ3n) is 4.45. The van der Waals surface area contributed by atoms with Gasteiger partial charge in [-0.3, -0.25) is 9.78 Å². The molecule has 0 saturated heterocycles. The Morgan fingerprint density at radius 3 is 2.83 bits per heavy atom. The van der Waals surface area contributed by atoms with E-state index in [1.54, 1.807) is 23.4 Å². The Balaban J connectivity index is 1.50. The van der Waals surface area contributed by atoms with Crippen molar-refractivity contribution in [2.45, 2.75) is 50.8 Å². The standard InChI is InChI=1S/C16H22N6O2/c23-14-9-13(10-14)15(8-12-3-5-17-6-4-12)19-16(24)2-1-7-22-11-18-20-21-22/h3-6,11,13-15,23H,1-2,7-10H2,(H,19,24)/t13?,14?,15-/m0/s1. The van der Waals surface area contributed by atoms with Crippen LogP contribution in [0.3, 0.4) is 0 Å². The number of carbonyl (C=O) groups is 1. The molecule has 2 aromatic rings. The average molecular weight is 330 g/mol. The molecule has 8 nitrogen and oxygen atoms in total. The number of rotatable bonds is 8. The normalized spacial score (nSPS) is 21.0. The van der Waals surface area contributed by atoms with Crippen LogP contribution >= 0.6 is 0 Å². The van der Waals surface area contributed by atoms with Gasteiger partial charge in [-0.1, -0.05) is 0 Å². The van der Waals surface area contributed by atoms with Crippen LogP contribution in [-0.4, -0.2) is 48.4 Å². The molecule has 0 radical (unpaired) electrons. The summed E-state index contributed by atoms with van der Waals surface area (Å²) in [5, 5.41) is 23.6. The van der Waals surface area contributed by atoms with Crippen molar-refractivity contribution in [3.63, 3.8) is 0 Å². The van der Waals surface area contributed by atoms with E-state index in [0.717, 1.165) is 24.8 Å². The van der Waals surface area contributed by atoms with Gasteiger partial charge in [0.05, 0.1) is 6.10 Å². The number of pyridine rings is 1. The minimum Gasteiger partial charge on any atom is -0.393 e. The van der Waals surface area contributed by atoms with E-state index in [4.69, 9.17) is 0 Å². The molecule has 1 fully saturated rings. The highest BCUT2D eigenvalue weighted by atomic mass is 16.3. The first-order chi connectivity index (χ1) is 11.7. The molecule has 1 aliphatic carbocycles. The topological polar surface area (TPSA) is 106 Å². The number of hydrogen-bond donors (Lipinski definition) is 2. The second-order valence-electron chi connectivity index (χ2n) is 6.30. The molecule has 2 N–H and O–H groups in total. The molecule has 0 spiro atoms. The summed E-state index contributed by atoms with van der Waals surface area (Å²) in [5.41, 5.74) is 1.14. The number of carbonyl (C=O) groups excluding carboxylic acids is 1. The lowest BCUT2D eigenvalue weighted by Gasteiger charge is -2.38. The quantitative estimate of drug-likeness (QED) is 0.723. The third kappa shape index (κ3) is 4.58. The summed E-state index contributed by atoms with van der Waals surface area (Å²) in [7, 11) is 0. The van der Waals surface area contributed by atoms with E-state index >= 15 is 0 Å². The van der Waals surface area contributed by atoms with Crippen LogP contribution in [0.5, 0.6) is 0 Å². The van der Waals surface area contributed by atoms with Crippen molar-refractivity contribution in [1.82, 2.24) is 30.5 Å². The van der Waals surface area contributed by atoms with E-state index in [-0.39, 0.29) is 18.1 Å². The molecule has 1 saturated carbocycles. The van der Waals surface area contributed by atoms with Crippen molar-refractivity contribution < 1.29 is 9.90 Å². The Morgan fingerprint density at radius 1 is 1.38 bits per heavy atom. The maximum atomic E-state index is 12.3. The van der Waals surface area contributed by atoms with E-state index in [1.807, 2.05) is 12.1 Å². The van der Waals surface area contributed by atoms with Gasteiger partial charge in [0, 0.05) is 31.4 Å². The van der Waals surface area contributed by atoms with Crippen molar-refractivity contribution in [2.24, 2.45) is 5.92 Å². The molecule has 0 aromatic carbocycles. The van der Waals surface area contributed by atoms with Crippen LogP contribution in [0.15, 0.2) is 30.9 Å². The number of aryl methyl sites for hydroxylation is 1. The second kappa shape index (κ2) is 7.96. The number of nitrogens with one attached hydrogen (secondary N) is 1. The van der Waals surface area contributed by atoms with Crippen molar-refractivity contribution >= 4 is 5.91 Å². The summed E-state index contributed by atoms with van der Waals surface area (Å²) in [6.45, 7) is 0.623. The molecule has 0 unspecified atom stereocenters. The zero-order chi connectivity index (χ0) is 16.8. The van der Waals surface area contributed by atoms with Crippen molar-refractivity contribution in [3.05, 3.63) is 36.4 Å². The van der Waals surface area contributed by atoms with E-state index in [9.17, 15) is 9.90 Å². The predicted molar refractivity (Wildman–Crippen MR) is 85.7 cm³/mol. The summed E-state index contributed by atoms with van der Waals surface area (Å²) in [4.78, 5) is 16.3. The van der Waals surface area contributed by atoms with Gasteiger partial charge in [0.1, 0.15) is 6.33 Å². The molecule has 2 aromatic heterocycles. The molecule has 1 amide bonds. The van der Waals surface area contributed by atoms with Gasteiger partial charge in [-0.05, 0) is 59.7 Å². The van der Waals surface area contributed by atoms with E-state index in [1.165, 1.54) is 0 Å². The first-order valence-electron chi connectivity index (χ1n) is 8.28. The smallest absolute Gasteiger partial charge is 0.220 e. The van der Waals surface area contributed by atoms with Crippen molar-refractivity contribution in [2.75, 3.05) is 0 Å². The molecule has 24 heavy (non-hydrogen) atoms. The van der Waals surface area contributed by atoms with E-state index in [0.29, 0.717) is 25.3 Å². The number of aliphatic hydroxyl groups is 1. The molecule has 8 heteroatoms. The summed E-state index contributed by atoms with van der Waals surface area (Å²) in [6.07, 6.45) is 8.21. The lowest BCUT2D eigenvalue weighted by molar-refractivity contribution is -0.123. The highest BCUT2D eigenvalue weighted by Crippen LogP contribution is 2.31. The monoisotopic (exact) mass is 330 g/mol. The van der Waals surface area contributed by atoms with Gasteiger partial charge in [0.2, 0.25) is 5.91 Å². The van der Waals surface area contributed by atoms with Crippen molar-refractivity contribution in [1.29, 1.82) is 0 Å². The summed E-state index contributed by atoms with van der Waals surface area (Å²) < 4.78 is 1.62. The number of amides is 1. The van der Waals surface area contributed by atoms with Gasteiger partial charge in [-0.25, -0.2) is 4.68 Å². The fourth-order valence-corrected chi connectivity index (χ4v) is 3.03. The molecule has 1 aliphatic rings. The van der Waals surface area contributed by atoms with Crippen LogP contribution in [0.2, 0.25) is 0 Å². The zero-order valence-corrected chi connectivity index (χ0v) is 13.5. The largest absolute Gasteiger partial charge is 0.393 e. The second-order valence-corrected chi connectivity index (χ2v) is 6.30. The Hall–Kier alpha value is -2.35. The van der Waals surface area contributed by atoms with Crippen LogP contribution in [0.25, 0.3) is 0 Å². The van der Waals surface area contributed by atoms with Crippen LogP contribution in [-0.2, 0) is 17.8 Å². The number of hydrogen-bond acceptors (Lipinski definition) is 6. The minimum absolute atomic E-state index is 0.0310. The molecular weight excluding hydrogens is 308 g/mol. The molecule has 0 aliphatic heterocycles. The van der Waals surface area contributed by atoms with E-state index in [2.05, 4.69) is 25.8 Å².